The zero-order valence-electron chi connectivity index (χ0n) is 18.2. The maximum absolute atomic E-state index is 12.9. The lowest BCUT2D eigenvalue weighted by atomic mass is 10.1. The van der Waals surface area contributed by atoms with Crippen molar-refractivity contribution >= 4 is 68.1 Å². The summed E-state index contributed by atoms with van der Waals surface area (Å²) in [7, 11) is 1.44. The van der Waals surface area contributed by atoms with Crippen molar-refractivity contribution in [1.29, 1.82) is 0 Å². The van der Waals surface area contributed by atoms with Crippen LogP contribution in [0.3, 0.4) is 0 Å². The molecule has 3 heterocycles. The van der Waals surface area contributed by atoms with Gasteiger partial charge in [-0.25, -0.2) is 4.79 Å². The average Bonchev–Trinajstić information content (AvgIpc) is 3.46. The number of carbonyl (C=O) groups is 4. The van der Waals surface area contributed by atoms with Crippen molar-refractivity contribution in [2.24, 2.45) is 0 Å². The maximum atomic E-state index is 12.9. The molecule has 1 aromatic carbocycles. The van der Waals surface area contributed by atoms with Gasteiger partial charge in [-0.3, -0.25) is 19.3 Å². The fourth-order valence-corrected chi connectivity index (χ4v) is 5.60. The van der Waals surface area contributed by atoms with Gasteiger partial charge in [-0.15, -0.1) is 11.3 Å². The summed E-state index contributed by atoms with van der Waals surface area (Å²) in [5.41, 5.74) is 0.563. The predicted octanol–water partition coefficient (Wildman–Crippen LogP) is 4.79. The van der Waals surface area contributed by atoms with Crippen LogP contribution in [0.5, 0.6) is 11.5 Å². The Bertz CT molecular complexity index is 1160. The Hall–Kier alpha value is -2.63. The molecule has 1 aromatic heterocycles. The molecule has 4 rings (SSSR count). The average molecular weight is 565 g/mol. The van der Waals surface area contributed by atoms with Crippen LogP contribution in [0.25, 0.3) is 6.08 Å². The maximum Gasteiger partial charge on any atom is 0.353 e. The number of hydrogen-bond donors (Lipinski definition) is 0. The minimum Gasteiger partial charge on any atom is -0.493 e. The zero-order valence-corrected chi connectivity index (χ0v) is 21.5. The number of ether oxygens (including phenoxy) is 2. The van der Waals surface area contributed by atoms with Crippen LogP contribution in [-0.4, -0.2) is 59.6 Å². The van der Waals surface area contributed by atoms with E-state index in [0.717, 1.165) is 35.9 Å². The third kappa shape index (κ3) is 5.37. The third-order valence-electron chi connectivity index (χ3n) is 5.34. The number of amides is 3. The molecule has 0 unspecified atom stereocenters. The molecule has 2 saturated heterocycles. The first kappa shape index (κ1) is 24.5. The summed E-state index contributed by atoms with van der Waals surface area (Å²) in [4.78, 5) is 53.5. The highest BCUT2D eigenvalue weighted by atomic mass is 79.9. The highest BCUT2D eigenvalue weighted by Crippen LogP contribution is 2.39. The normalized spacial score (nSPS) is 17.4. The Kier molecular flexibility index (Phi) is 7.74. The van der Waals surface area contributed by atoms with Gasteiger partial charge in [0.25, 0.3) is 11.1 Å². The Morgan fingerprint density at radius 3 is 2.62 bits per heavy atom. The predicted molar refractivity (Wildman–Crippen MR) is 133 cm³/mol. The molecule has 0 bridgehead atoms. The Morgan fingerprint density at radius 2 is 1.94 bits per heavy atom. The van der Waals surface area contributed by atoms with Crippen LogP contribution in [-0.2, 0) is 9.59 Å². The molecule has 0 radical (unpaired) electrons. The van der Waals surface area contributed by atoms with E-state index in [9.17, 15) is 19.2 Å². The van der Waals surface area contributed by atoms with Crippen molar-refractivity contribution in [3.05, 3.63) is 49.5 Å². The second-order valence-electron chi connectivity index (χ2n) is 7.61. The van der Waals surface area contributed by atoms with Gasteiger partial charge in [-0.2, -0.15) is 0 Å². The molecule has 8 nitrogen and oxygen atoms in total. The number of likely N-dealkylation sites (tertiary alicyclic amines) is 1. The lowest BCUT2D eigenvalue weighted by molar-refractivity contribution is -0.136. The molecule has 34 heavy (non-hydrogen) atoms. The van der Waals surface area contributed by atoms with Crippen molar-refractivity contribution in [3.8, 4) is 11.5 Å². The number of methoxy groups -OCH3 is 1. The second-order valence-corrected chi connectivity index (χ2v) is 10.4. The lowest BCUT2D eigenvalue weighted by Gasteiger charge is -2.27. The Morgan fingerprint density at radius 1 is 1.18 bits per heavy atom. The largest absolute Gasteiger partial charge is 0.493 e. The second kappa shape index (κ2) is 10.7. The van der Waals surface area contributed by atoms with Gasteiger partial charge >= 0.3 is 5.97 Å². The molecule has 178 valence electrons. The minimum absolute atomic E-state index is 0.203. The van der Waals surface area contributed by atoms with Gasteiger partial charge in [0.1, 0.15) is 11.4 Å². The molecule has 0 saturated carbocycles. The van der Waals surface area contributed by atoms with Crippen LogP contribution < -0.4 is 9.47 Å². The summed E-state index contributed by atoms with van der Waals surface area (Å²) in [5.74, 6) is -0.752. The highest BCUT2D eigenvalue weighted by Gasteiger charge is 2.37. The smallest absolute Gasteiger partial charge is 0.353 e. The van der Waals surface area contributed by atoms with Crippen molar-refractivity contribution < 1.29 is 28.7 Å². The van der Waals surface area contributed by atoms with Crippen LogP contribution in [0.4, 0.5) is 4.79 Å². The van der Waals surface area contributed by atoms with Crippen molar-refractivity contribution in [3.63, 3.8) is 0 Å². The molecule has 2 aliphatic rings. The van der Waals surface area contributed by atoms with Gasteiger partial charge < -0.3 is 14.4 Å². The number of rotatable bonds is 6. The first-order valence-corrected chi connectivity index (χ1v) is 13.0. The van der Waals surface area contributed by atoms with Crippen molar-refractivity contribution in [2.75, 3.05) is 26.7 Å². The van der Waals surface area contributed by atoms with Gasteiger partial charge in [-0.05, 0) is 82.2 Å². The third-order valence-corrected chi connectivity index (χ3v) is 7.69. The number of piperidine rings is 1. The van der Waals surface area contributed by atoms with Gasteiger partial charge in [0.05, 0.1) is 16.5 Å². The van der Waals surface area contributed by atoms with E-state index in [1.54, 1.807) is 40.6 Å². The number of hydrogen-bond acceptors (Lipinski definition) is 8. The molecule has 3 amide bonds. The highest BCUT2D eigenvalue weighted by molar-refractivity contribution is 9.10. The van der Waals surface area contributed by atoms with E-state index in [4.69, 9.17) is 9.47 Å². The number of esters is 1. The Balaban J connectivity index is 1.51. The number of benzene rings is 1. The summed E-state index contributed by atoms with van der Waals surface area (Å²) in [5, 5.41) is 1.30. The monoisotopic (exact) mass is 564 g/mol. The van der Waals surface area contributed by atoms with E-state index in [1.165, 1.54) is 18.4 Å². The molecule has 2 aromatic rings. The summed E-state index contributed by atoms with van der Waals surface area (Å²) in [6.45, 7) is 1.05. The van der Waals surface area contributed by atoms with E-state index in [0.29, 0.717) is 28.0 Å². The van der Waals surface area contributed by atoms with Crippen LogP contribution in [0.2, 0.25) is 0 Å². The van der Waals surface area contributed by atoms with Gasteiger partial charge in [0, 0.05) is 13.1 Å². The van der Waals surface area contributed by atoms with E-state index in [1.807, 2.05) is 0 Å². The summed E-state index contributed by atoms with van der Waals surface area (Å²) >= 11 is 5.44. The minimum atomic E-state index is -0.513. The molecule has 0 N–H and O–H groups in total. The number of imide groups is 1. The number of halogens is 1. The first-order chi connectivity index (χ1) is 16.4. The molecule has 2 fully saturated rings. The summed E-state index contributed by atoms with van der Waals surface area (Å²) in [6.07, 6.45) is 4.50. The quantitative estimate of drug-likeness (QED) is 0.283. The number of thioether (sulfide) groups is 1. The molecular weight excluding hydrogens is 544 g/mol. The van der Waals surface area contributed by atoms with E-state index in [2.05, 4.69) is 15.9 Å². The van der Waals surface area contributed by atoms with Crippen LogP contribution in [0.1, 0.15) is 34.5 Å². The van der Waals surface area contributed by atoms with Crippen LogP contribution in [0, 0.1) is 0 Å². The summed E-state index contributed by atoms with van der Waals surface area (Å²) in [6, 6.07) is 6.68. The topological polar surface area (TPSA) is 93.2 Å². The molecule has 2 aliphatic heterocycles. The molecule has 0 spiro atoms. The van der Waals surface area contributed by atoms with Crippen LogP contribution >= 0.6 is 39.0 Å². The molecule has 11 heteroatoms. The number of thiophene rings is 1. The molecule has 0 aliphatic carbocycles. The zero-order chi connectivity index (χ0) is 24.2. The molecular formula is C23H21BrN2O6S2. The van der Waals surface area contributed by atoms with Gasteiger partial charge in [0.15, 0.2) is 11.5 Å². The van der Waals surface area contributed by atoms with Gasteiger partial charge in [0.2, 0.25) is 5.91 Å². The van der Waals surface area contributed by atoms with Crippen molar-refractivity contribution in [1.82, 2.24) is 9.80 Å². The fraction of sp³-hybridized carbons (Fsp3) is 0.304. The van der Waals surface area contributed by atoms with Gasteiger partial charge in [-0.1, -0.05) is 6.07 Å². The van der Waals surface area contributed by atoms with Crippen LogP contribution in [0.15, 0.2) is 39.0 Å². The number of carbonyl (C=O) groups excluding carboxylic acids is 4. The first-order valence-electron chi connectivity index (χ1n) is 10.5. The van der Waals surface area contributed by atoms with E-state index < -0.39 is 17.1 Å². The molecule has 0 atom stereocenters. The lowest BCUT2D eigenvalue weighted by Crippen LogP contribution is -2.44. The standard InChI is InChI=1S/C23H21BrN2O6S2/c1-31-16-11-14(10-15(24)20(16)32-22(29)17-6-5-9-33-17)12-18-21(28)26(23(30)34-18)13-19(27)25-7-3-2-4-8-25/h5-6,9-12H,2-4,7-8,13H2,1H3/b18-12-. The summed E-state index contributed by atoms with van der Waals surface area (Å²) < 4.78 is 11.3. The number of nitrogens with zero attached hydrogens (tertiary/aromatic N) is 2. The van der Waals surface area contributed by atoms with E-state index >= 15 is 0 Å². The van der Waals surface area contributed by atoms with Crippen molar-refractivity contribution in [2.45, 2.75) is 19.3 Å². The Labute approximate surface area is 213 Å². The fourth-order valence-electron chi connectivity index (χ4n) is 3.63. The SMILES string of the molecule is COc1cc(/C=C2\SC(=O)N(CC(=O)N3CCCCC3)C2=O)cc(Br)c1OC(=O)c1cccs1. The van der Waals surface area contributed by atoms with E-state index in [-0.39, 0.29) is 28.9 Å².